The number of carbonyl (C=O) groups excluding carboxylic acids is 1. The second kappa shape index (κ2) is 8.14. The first-order chi connectivity index (χ1) is 12.8. The van der Waals surface area contributed by atoms with Crippen molar-refractivity contribution in [3.63, 3.8) is 0 Å². The molecule has 142 valence electrons. The zero-order chi connectivity index (χ0) is 19.6. The normalized spacial score (nSPS) is 12.6. The summed E-state index contributed by atoms with van der Waals surface area (Å²) in [7, 11) is -3.79. The van der Waals surface area contributed by atoms with Crippen LogP contribution < -0.4 is 4.80 Å². The number of benzene rings is 2. The van der Waals surface area contributed by atoms with E-state index in [9.17, 15) is 13.2 Å². The van der Waals surface area contributed by atoms with E-state index in [2.05, 4.69) is 4.99 Å². The lowest BCUT2D eigenvalue weighted by molar-refractivity contribution is -0.115. The molecule has 1 aromatic heterocycles. The molecule has 9 heteroatoms. The monoisotopic (exact) mass is 442 g/mol. The maximum Gasteiger partial charge on any atom is 0.263 e. The quantitative estimate of drug-likeness (QED) is 0.590. The summed E-state index contributed by atoms with van der Waals surface area (Å²) in [6.07, 6.45) is 0.821. The number of amides is 1. The standard InChI is InChI=1S/C18H16Cl2N2O3S2/c1-2-10-22-17-14(20)4-3-5-15(17)26-18(22)21-16(23)11-27(24,25)13-8-6-12(19)7-9-13/h3-9H,2,10-11H2,1H3. The van der Waals surface area contributed by atoms with Crippen LogP contribution in [0.2, 0.25) is 10.0 Å². The molecule has 0 bridgehead atoms. The van der Waals surface area contributed by atoms with E-state index in [0.717, 1.165) is 16.6 Å². The lowest BCUT2D eigenvalue weighted by Crippen LogP contribution is -2.21. The zero-order valence-electron chi connectivity index (χ0n) is 14.4. The van der Waals surface area contributed by atoms with Gasteiger partial charge in [0.05, 0.1) is 20.1 Å². The molecular formula is C18H16Cl2N2O3S2. The topological polar surface area (TPSA) is 68.5 Å². The molecule has 3 aromatic rings. The van der Waals surface area contributed by atoms with E-state index in [0.29, 0.717) is 21.4 Å². The van der Waals surface area contributed by atoms with Gasteiger partial charge in [0.1, 0.15) is 5.75 Å². The Kier molecular flexibility index (Phi) is 6.05. The Hall–Kier alpha value is -1.67. The highest BCUT2D eigenvalue weighted by Crippen LogP contribution is 2.25. The maximum absolute atomic E-state index is 12.4. The lowest BCUT2D eigenvalue weighted by atomic mass is 10.3. The van der Waals surface area contributed by atoms with Gasteiger partial charge < -0.3 is 4.57 Å². The van der Waals surface area contributed by atoms with E-state index in [1.54, 1.807) is 6.07 Å². The largest absolute Gasteiger partial charge is 0.315 e. The van der Waals surface area contributed by atoms with Crippen LogP contribution in [-0.4, -0.2) is 24.6 Å². The third kappa shape index (κ3) is 4.43. The Bertz CT molecular complexity index is 1160. The number of nitrogens with zero attached hydrogens (tertiary/aromatic N) is 2. The van der Waals surface area contributed by atoms with Crippen molar-refractivity contribution in [2.24, 2.45) is 4.99 Å². The fourth-order valence-electron chi connectivity index (χ4n) is 2.63. The second-order valence-corrected chi connectivity index (χ2v) is 9.68. The molecular weight excluding hydrogens is 427 g/mol. The van der Waals surface area contributed by atoms with E-state index < -0.39 is 21.5 Å². The predicted octanol–water partition coefficient (Wildman–Crippen LogP) is 4.32. The number of fused-ring (bicyclic) bond motifs is 1. The summed E-state index contributed by atoms with van der Waals surface area (Å²) in [5.41, 5.74) is 0.804. The number of hydrogen-bond acceptors (Lipinski definition) is 4. The molecule has 2 aromatic carbocycles. The molecule has 0 radical (unpaired) electrons. The number of para-hydroxylation sites is 1. The molecule has 0 spiro atoms. The van der Waals surface area contributed by atoms with Crippen molar-refractivity contribution in [2.45, 2.75) is 24.8 Å². The van der Waals surface area contributed by atoms with Gasteiger partial charge in [-0.2, -0.15) is 4.99 Å². The summed E-state index contributed by atoms with van der Waals surface area (Å²) in [6.45, 7) is 2.63. The first kappa shape index (κ1) is 20.1. The Labute approximate surface area is 170 Å². The van der Waals surface area contributed by atoms with E-state index in [-0.39, 0.29) is 4.90 Å². The molecule has 0 saturated heterocycles. The third-order valence-electron chi connectivity index (χ3n) is 3.81. The van der Waals surface area contributed by atoms with Crippen LogP contribution in [-0.2, 0) is 21.2 Å². The van der Waals surface area contributed by atoms with Crippen LogP contribution in [0, 0.1) is 0 Å². The first-order valence-electron chi connectivity index (χ1n) is 8.15. The number of carbonyl (C=O) groups is 1. The molecule has 0 N–H and O–H groups in total. The first-order valence-corrected chi connectivity index (χ1v) is 11.4. The van der Waals surface area contributed by atoms with Crippen LogP contribution in [0.25, 0.3) is 10.2 Å². The van der Waals surface area contributed by atoms with Gasteiger partial charge >= 0.3 is 0 Å². The van der Waals surface area contributed by atoms with Crippen molar-refractivity contribution in [2.75, 3.05) is 5.75 Å². The molecule has 1 heterocycles. The molecule has 0 fully saturated rings. The maximum atomic E-state index is 12.4. The van der Waals surface area contributed by atoms with Crippen molar-refractivity contribution in [3.8, 4) is 0 Å². The van der Waals surface area contributed by atoms with Crippen LogP contribution in [0.5, 0.6) is 0 Å². The second-order valence-electron chi connectivity index (χ2n) is 5.84. The number of thiazole rings is 1. The molecule has 0 unspecified atom stereocenters. The van der Waals surface area contributed by atoms with Gasteiger partial charge in [-0.05, 0) is 42.8 Å². The van der Waals surface area contributed by atoms with Gasteiger partial charge in [0.15, 0.2) is 14.6 Å². The highest BCUT2D eigenvalue weighted by molar-refractivity contribution is 7.92. The molecule has 27 heavy (non-hydrogen) atoms. The Morgan fingerprint density at radius 3 is 2.52 bits per heavy atom. The molecule has 1 amide bonds. The fraction of sp³-hybridized carbons (Fsp3) is 0.222. The van der Waals surface area contributed by atoms with Gasteiger partial charge in [0.2, 0.25) is 0 Å². The molecule has 0 atom stereocenters. The number of halogens is 2. The minimum Gasteiger partial charge on any atom is -0.315 e. The average molecular weight is 443 g/mol. The van der Waals surface area contributed by atoms with Crippen LogP contribution >= 0.6 is 34.5 Å². The number of hydrogen-bond donors (Lipinski definition) is 0. The summed E-state index contributed by atoms with van der Waals surface area (Å²) in [5, 5.41) is 0.993. The van der Waals surface area contributed by atoms with Crippen molar-refractivity contribution in [1.29, 1.82) is 0 Å². The van der Waals surface area contributed by atoms with Crippen molar-refractivity contribution >= 4 is 60.5 Å². The van der Waals surface area contributed by atoms with Gasteiger partial charge in [-0.15, -0.1) is 0 Å². The van der Waals surface area contributed by atoms with Crippen molar-refractivity contribution < 1.29 is 13.2 Å². The van der Waals surface area contributed by atoms with E-state index in [1.807, 2.05) is 23.6 Å². The smallest absolute Gasteiger partial charge is 0.263 e. The molecule has 5 nitrogen and oxygen atoms in total. The highest BCUT2D eigenvalue weighted by atomic mass is 35.5. The summed E-state index contributed by atoms with van der Waals surface area (Å²) < 4.78 is 27.6. The summed E-state index contributed by atoms with van der Waals surface area (Å²) in [4.78, 5) is 16.9. The predicted molar refractivity (Wildman–Crippen MR) is 109 cm³/mol. The number of rotatable bonds is 5. The third-order valence-corrected chi connectivity index (χ3v) is 7.02. The van der Waals surface area contributed by atoms with Crippen molar-refractivity contribution in [1.82, 2.24) is 4.57 Å². The van der Waals surface area contributed by atoms with Crippen LogP contribution in [0.4, 0.5) is 0 Å². The molecule has 0 aliphatic carbocycles. The lowest BCUT2D eigenvalue weighted by Gasteiger charge is -2.04. The Morgan fingerprint density at radius 2 is 1.85 bits per heavy atom. The number of sulfone groups is 1. The minimum absolute atomic E-state index is 0.0382. The number of aryl methyl sites for hydroxylation is 1. The number of aromatic nitrogens is 1. The van der Waals surface area contributed by atoms with Crippen LogP contribution in [0.3, 0.4) is 0 Å². The van der Waals surface area contributed by atoms with E-state index >= 15 is 0 Å². The van der Waals surface area contributed by atoms with Crippen LogP contribution in [0.1, 0.15) is 13.3 Å². The van der Waals surface area contributed by atoms with Gasteiger partial charge in [0, 0.05) is 11.6 Å². The highest BCUT2D eigenvalue weighted by Gasteiger charge is 2.19. The molecule has 3 rings (SSSR count). The Morgan fingerprint density at radius 1 is 1.15 bits per heavy atom. The van der Waals surface area contributed by atoms with Gasteiger partial charge in [0.25, 0.3) is 5.91 Å². The fourth-order valence-corrected chi connectivity index (χ4v) is 5.30. The van der Waals surface area contributed by atoms with E-state index in [1.165, 1.54) is 35.6 Å². The Balaban J connectivity index is 1.99. The molecule has 0 aliphatic rings. The van der Waals surface area contributed by atoms with Crippen LogP contribution in [0.15, 0.2) is 52.4 Å². The minimum atomic E-state index is -3.79. The molecule has 0 saturated carbocycles. The summed E-state index contributed by atoms with van der Waals surface area (Å²) >= 11 is 13.4. The SMILES string of the molecule is CCCn1c(=NC(=O)CS(=O)(=O)c2ccc(Cl)cc2)sc2cccc(Cl)c21. The van der Waals surface area contributed by atoms with Gasteiger partial charge in [-0.1, -0.05) is 47.5 Å². The average Bonchev–Trinajstić information content (AvgIpc) is 2.93. The van der Waals surface area contributed by atoms with Gasteiger partial charge in [-0.3, -0.25) is 4.79 Å². The van der Waals surface area contributed by atoms with Gasteiger partial charge in [-0.25, -0.2) is 8.42 Å². The summed E-state index contributed by atoms with van der Waals surface area (Å²) in [5.74, 6) is -1.43. The van der Waals surface area contributed by atoms with E-state index in [4.69, 9.17) is 23.2 Å². The molecule has 0 aliphatic heterocycles. The summed E-state index contributed by atoms with van der Waals surface area (Å²) in [6, 6.07) is 11.2. The zero-order valence-corrected chi connectivity index (χ0v) is 17.5. The van der Waals surface area contributed by atoms with Crippen molar-refractivity contribution in [3.05, 3.63) is 57.3 Å².